The summed E-state index contributed by atoms with van der Waals surface area (Å²) in [5.41, 5.74) is 2.04. The van der Waals surface area contributed by atoms with Gasteiger partial charge in [0, 0.05) is 12.1 Å². The Balaban J connectivity index is 1.82. The zero-order chi connectivity index (χ0) is 14.4. The minimum atomic E-state index is -0.0875. The fraction of sp³-hybridized carbons (Fsp3) is 0.357. The molecule has 1 amide bonds. The van der Waals surface area contributed by atoms with E-state index >= 15 is 0 Å². The van der Waals surface area contributed by atoms with E-state index in [-0.39, 0.29) is 11.7 Å². The highest BCUT2D eigenvalue weighted by Crippen LogP contribution is 2.17. The van der Waals surface area contributed by atoms with Crippen LogP contribution in [0.3, 0.4) is 0 Å². The molecule has 0 radical (unpaired) electrons. The lowest BCUT2D eigenvalue weighted by molar-refractivity contribution is -0.113. The molecule has 2 aromatic rings. The number of thioether (sulfide) groups is 1. The third-order valence-electron chi connectivity index (χ3n) is 2.72. The lowest BCUT2D eigenvalue weighted by atomic mass is 10.1. The normalized spacial score (nSPS) is 10.5. The molecule has 1 heterocycles. The van der Waals surface area contributed by atoms with Crippen molar-refractivity contribution in [3.63, 3.8) is 0 Å². The number of amides is 1. The van der Waals surface area contributed by atoms with Crippen molar-refractivity contribution in [2.24, 2.45) is 0 Å². The van der Waals surface area contributed by atoms with Crippen LogP contribution in [-0.4, -0.2) is 21.9 Å². The molecule has 0 aliphatic carbocycles. The summed E-state index contributed by atoms with van der Waals surface area (Å²) in [5.74, 6) is 0.750. The maximum Gasteiger partial charge on any atom is 0.277 e. The number of nitrogens with one attached hydrogen (secondary N) is 1. The molecule has 1 aromatic heterocycles. The SMILES string of the molecule is CCc1ccc(NC(=O)CSc2nnc(CC)o2)cc1. The Labute approximate surface area is 122 Å². The van der Waals surface area contributed by atoms with Crippen LogP contribution in [0.2, 0.25) is 0 Å². The van der Waals surface area contributed by atoms with Crippen LogP contribution in [-0.2, 0) is 17.6 Å². The molecule has 0 aliphatic rings. The van der Waals surface area contributed by atoms with E-state index in [1.165, 1.54) is 17.3 Å². The summed E-state index contributed by atoms with van der Waals surface area (Å²) in [6, 6.07) is 7.83. The first-order valence-corrected chi connectivity index (χ1v) is 7.53. The third kappa shape index (κ3) is 4.09. The van der Waals surface area contributed by atoms with E-state index in [0.717, 1.165) is 12.1 Å². The zero-order valence-corrected chi connectivity index (χ0v) is 12.4. The minimum absolute atomic E-state index is 0.0875. The van der Waals surface area contributed by atoms with Gasteiger partial charge in [0.15, 0.2) is 0 Å². The number of benzene rings is 1. The van der Waals surface area contributed by atoms with Crippen LogP contribution in [0.4, 0.5) is 5.69 Å². The Morgan fingerprint density at radius 2 is 1.95 bits per heavy atom. The number of aryl methyl sites for hydroxylation is 2. The predicted octanol–water partition coefficient (Wildman–Crippen LogP) is 2.93. The van der Waals surface area contributed by atoms with Crippen LogP contribution in [0.5, 0.6) is 0 Å². The van der Waals surface area contributed by atoms with Gasteiger partial charge in [-0.15, -0.1) is 10.2 Å². The molecule has 0 aliphatic heterocycles. The van der Waals surface area contributed by atoms with Crippen molar-refractivity contribution in [1.29, 1.82) is 0 Å². The van der Waals surface area contributed by atoms with Gasteiger partial charge in [-0.3, -0.25) is 4.79 Å². The maximum atomic E-state index is 11.8. The number of carbonyl (C=O) groups excluding carboxylic acids is 1. The summed E-state index contributed by atoms with van der Waals surface area (Å²) in [5, 5.41) is 11.0. The second-order valence-corrected chi connectivity index (χ2v) is 5.13. The average Bonchev–Trinajstić information content (AvgIpc) is 2.94. The van der Waals surface area contributed by atoms with E-state index in [1.807, 2.05) is 31.2 Å². The van der Waals surface area contributed by atoms with Crippen LogP contribution in [0, 0.1) is 0 Å². The zero-order valence-electron chi connectivity index (χ0n) is 11.5. The number of hydrogen-bond donors (Lipinski definition) is 1. The first-order chi connectivity index (χ1) is 9.71. The van der Waals surface area contributed by atoms with Crippen molar-refractivity contribution < 1.29 is 9.21 Å². The van der Waals surface area contributed by atoms with Crippen LogP contribution in [0.1, 0.15) is 25.3 Å². The number of anilines is 1. The van der Waals surface area contributed by atoms with E-state index in [0.29, 0.717) is 17.5 Å². The van der Waals surface area contributed by atoms with Crippen LogP contribution in [0.25, 0.3) is 0 Å². The first-order valence-electron chi connectivity index (χ1n) is 6.55. The maximum absolute atomic E-state index is 11.8. The van der Waals surface area contributed by atoms with Crippen molar-refractivity contribution in [3.05, 3.63) is 35.7 Å². The second kappa shape index (κ2) is 7.09. The van der Waals surface area contributed by atoms with Crippen molar-refractivity contribution in [2.45, 2.75) is 31.9 Å². The quantitative estimate of drug-likeness (QED) is 0.829. The van der Waals surface area contributed by atoms with Crippen LogP contribution >= 0.6 is 11.8 Å². The Hall–Kier alpha value is -1.82. The molecule has 0 unspecified atom stereocenters. The highest BCUT2D eigenvalue weighted by atomic mass is 32.2. The lowest BCUT2D eigenvalue weighted by Crippen LogP contribution is -2.13. The van der Waals surface area contributed by atoms with Crippen LogP contribution in [0.15, 0.2) is 33.9 Å². The highest BCUT2D eigenvalue weighted by Gasteiger charge is 2.08. The third-order valence-corrected chi connectivity index (χ3v) is 3.54. The Kier molecular flexibility index (Phi) is 5.17. The summed E-state index contributed by atoms with van der Waals surface area (Å²) in [6.07, 6.45) is 1.69. The fourth-order valence-electron chi connectivity index (χ4n) is 1.59. The molecular weight excluding hydrogens is 274 g/mol. The summed E-state index contributed by atoms with van der Waals surface area (Å²) >= 11 is 1.24. The Bertz CT molecular complexity index is 566. The number of carbonyl (C=O) groups is 1. The van der Waals surface area contributed by atoms with Gasteiger partial charge in [-0.05, 0) is 24.1 Å². The number of rotatable bonds is 6. The van der Waals surface area contributed by atoms with Crippen molar-refractivity contribution >= 4 is 23.4 Å². The number of aromatic nitrogens is 2. The Morgan fingerprint density at radius 1 is 1.20 bits per heavy atom. The minimum Gasteiger partial charge on any atom is -0.416 e. The molecule has 0 fully saturated rings. The van der Waals surface area contributed by atoms with Crippen LogP contribution < -0.4 is 5.32 Å². The molecule has 1 N–H and O–H groups in total. The smallest absolute Gasteiger partial charge is 0.277 e. The largest absolute Gasteiger partial charge is 0.416 e. The predicted molar refractivity (Wildman–Crippen MR) is 78.8 cm³/mol. The molecule has 2 rings (SSSR count). The molecule has 0 spiro atoms. The van der Waals surface area contributed by atoms with Crippen molar-refractivity contribution in [2.75, 3.05) is 11.1 Å². The van der Waals surface area contributed by atoms with Gasteiger partial charge in [-0.2, -0.15) is 0 Å². The molecule has 1 aromatic carbocycles. The molecule has 0 saturated carbocycles. The van der Waals surface area contributed by atoms with E-state index in [1.54, 1.807) is 0 Å². The molecule has 6 heteroatoms. The molecule has 0 saturated heterocycles. The molecule has 5 nitrogen and oxygen atoms in total. The standard InChI is InChI=1S/C14H17N3O2S/c1-3-10-5-7-11(8-6-10)15-12(18)9-20-14-17-16-13(4-2)19-14/h5-8H,3-4,9H2,1-2H3,(H,15,18). The van der Waals surface area contributed by atoms with E-state index < -0.39 is 0 Å². The summed E-state index contributed by atoms with van der Waals surface area (Å²) in [4.78, 5) is 11.8. The van der Waals surface area contributed by atoms with Crippen molar-refractivity contribution in [1.82, 2.24) is 10.2 Å². The van der Waals surface area contributed by atoms with Gasteiger partial charge in [0.25, 0.3) is 5.22 Å². The fourth-order valence-corrected chi connectivity index (χ4v) is 2.17. The molecule has 20 heavy (non-hydrogen) atoms. The Morgan fingerprint density at radius 3 is 2.55 bits per heavy atom. The highest BCUT2D eigenvalue weighted by molar-refractivity contribution is 7.99. The second-order valence-electron chi connectivity index (χ2n) is 4.20. The van der Waals surface area contributed by atoms with Gasteiger partial charge in [0.1, 0.15) is 0 Å². The van der Waals surface area contributed by atoms with Gasteiger partial charge in [-0.1, -0.05) is 37.7 Å². The summed E-state index contributed by atoms with van der Waals surface area (Å²) < 4.78 is 5.32. The number of hydrogen-bond acceptors (Lipinski definition) is 5. The average molecular weight is 291 g/mol. The summed E-state index contributed by atoms with van der Waals surface area (Å²) in [6.45, 7) is 4.04. The van der Waals surface area contributed by atoms with Gasteiger partial charge < -0.3 is 9.73 Å². The lowest BCUT2D eigenvalue weighted by Gasteiger charge is -2.04. The first kappa shape index (κ1) is 14.6. The van der Waals surface area contributed by atoms with Gasteiger partial charge in [0.05, 0.1) is 5.75 Å². The molecular formula is C14H17N3O2S. The van der Waals surface area contributed by atoms with Gasteiger partial charge >= 0.3 is 0 Å². The van der Waals surface area contributed by atoms with E-state index in [9.17, 15) is 4.79 Å². The van der Waals surface area contributed by atoms with Crippen molar-refractivity contribution in [3.8, 4) is 0 Å². The topological polar surface area (TPSA) is 68.0 Å². The molecule has 106 valence electrons. The summed E-state index contributed by atoms with van der Waals surface area (Å²) in [7, 11) is 0. The van der Waals surface area contributed by atoms with E-state index in [2.05, 4.69) is 22.4 Å². The van der Waals surface area contributed by atoms with Gasteiger partial charge in [0.2, 0.25) is 11.8 Å². The number of nitrogens with zero attached hydrogens (tertiary/aromatic N) is 2. The molecule has 0 atom stereocenters. The van der Waals surface area contributed by atoms with Gasteiger partial charge in [-0.25, -0.2) is 0 Å². The molecule has 0 bridgehead atoms. The monoisotopic (exact) mass is 291 g/mol. The van der Waals surface area contributed by atoms with E-state index in [4.69, 9.17) is 4.42 Å².